The highest BCUT2D eigenvalue weighted by Gasteiger charge is 2.31. The molecule has 1 saturated carbocycles. The molecular formula is C11H20N2O3. The zero-order valence-electron chi connectivity index (χ0n) is 10.1. The third-order valence-corrected chi connectivity index (χ3v) is 2.39. The number of aldehydes is 1. The molecule has 1 aliphatic rings. The Kier molecular flexibility index (Phi) is 3.91. The molecule has 5 heteroatoms. The normalized spacial score (nSPS) is 17.8. The molecule has 16 heavy (non-hydrogen) atoms. The molecular weight excluding hydrogens is 208 g/mol. The first kappa shape index (κ1) is 13.0. The Morgan fingerprint density at radius 1 is 1.56 bits per heavy atom. The van der Waals surface area contributed by atoms with Crippen molar-refractivity contribution < 1.29 is 14.3 Å². The molecule has 0 heterocycles. The number of ether oxygens (including phenoxy) is 1. The van der Waals surface area contributed by atoms with Crippen molar-refractivity contribution in [3.05, 3.63) is 0 Å². The molecule has 1 rings (SSSR count). The van der Waals surface area contributed by atoms with Gasteiger partial charge in [-0.3, -0.25) is 0 Å². The van der Waals surface area contributed by atoms with E-state index >= 15 is 0 Å². The molecule has 0 spiro atoms. The second kappa shape index (κ2) is 4.82. The van der Waals surface area contributed by atoms with Crippen LogP contribution in [0.2, 0.25) is 0 Å². The molecule has 1 aliphatic carbocycles. The maximum atomic E-state index is 11.6. The van der Waals surface area contributed by atoms with Crippen molar-refractivity contribution in [3.63, 3.8) is 0 Å². The summed E-state index contributed by atoms with van der Waals surface area (Å²) in [5.74, 6) is 6.11. The minimum Gasteiger partial charge on any atom is -0.443 e. The van der Waals surface area contributed by atoms with Crippen molar-refractivity contribution in [1.29, 1.82) is 0 Å². The second-order valence-corrected chi connectivity index (χ2v) is 5.27. The summed E-state index contributed by atoms with van der Waals surface area (Å²) in [5, 5.41) is 0.899. The lowest BCUT2D eigenvalue weighted by Gasteiger charge is -2.27. The summed E-state index contributed by atoms with van der Waals surface area (Å²) >= 11 is 0. The van der Waals surface area contributed by atoms with Crippen LogP contribution < -0.4 is 5.84 Å². The fourth-order valence-corrected chi connectivity index (χ4v) is 1.38. The molecule has 0 aromatic carbocycles. The summed E-state index contributed by atoms with van der Waals surface area (Å²) in [5.41, 5.74) is -0.596. The Morgan fingerprint density at radius 3 is 2.50 bits per heavy atom. The van der Waals surface area contributed by atoms with E-state index in [4.69, 9.17) is 10.6 Å². The Hall–Kier alpha value is -1.10. The first-order valence-corrected chi connectivity index (χ1v) is 5.55. The van der Waals surface area contributed by atoms with Gasteiger partial charge in [0, 0.05) is 0 Å². The Balaban J connectivity index is 2.48. The van der Waals surface area contributed by atoms with Crippen LogP contribution in [0.4, 0.5) is 4.79 Å². The molecule has 1 atom stereocenters. The largest absolute Gasteiger partial charge is 0.443 e. The fourth-order valence-electron chi connectivity index (χ4n) is 1.38. The number of nitrogens with two attached hydrogens (primary N) is 1. The smallest absolute Gasteiger partial charge is 0.425 e. The lowest BCUT2D eigenvalue weighted by Crippen LogP contribution is -2.48. The summed E-state index contributed by atoms with van der Waals surface area (Å²) in [6, 6.07) is -0.567. The van der Waals surface area contributed by atoms with E-state index < -0.39 is 17.7 Å². The highest BCUT2D eigenvalue weighted by Crippen LogP contribution is 2.34. The number of rotatable bonds is 4. The van der Waals surface area contributed by atoms with Crippen LogP contribution in [0, 0.1) is 5.92 Å². The lowest BCUT2D eigenvalue weighted by molar-refractivity contribution is -0.113. The van der Waals surface area contributed by atoms with Crippen molar-refractivity contribution in [3.8, 4) is 0 Å². The topological polar surface area (TPSA) is 72.6 Å². The lowest BCUT2D eigenvalue weighted by atomic mass is 10.1. The number of carbonyl (C=O) groups is 2. The van der Waals surface area contributed by atoms with E-state index in [0.717, 1.165) is 17.9 Å². The van der Waals surface area contributed by atoms with Gasteiger partial charge in [0.05, 0.1) is 0 Å². The average Bonchev–Trinajstić information content (AvgIpc) is 2.93. The second-order valence-electron chi connectivity index (χ2n) is 5.27. The number of hydrazine groups is 1. The average molecular weight is 228 g/mol. The molecule has 0 aromatic heterocycles. The maximum Gasteiger partial charge on any atom is 0.425 e. The van der Waals surface area contributed by atoms with Gasteiger partial charge in [-0.1, -0.05) is 12.8 Å². The van der Waals surface area contributed by atoms with Crippen molar-refractivity contribution in [2.75, 3.05) is 0 Å². The summed E-state index contributed by atoms with van der Waals surface area (Å²) < 4.78 is 5.09. The van der Waals surface area contributed by atoms with Crippen LogP contribution in [-0.4, -0.2) is 29.0 Å². The van der Waals surface area contributed by atoms with E-state index in [2.05, 4.69) is 0 Å². The summed E-state index contributed by atoms with van der Waals surface area (Å²) in [6.07, 6.45) is 2.94. The van der Waals surface area contributed by atoms with Crippen molar-refractivity contribution in [2.24, 2.45) is 11.8 Å². The molecule has 2 N–H and O–H groups in total. The number of carbonyl (C=O) groups excluding carboxylic acids is 2. The standard InChI is InChI=1S/C11H20N2O3/c1-11(2,3)16-10(15)13(12)9(7-14)6-8-4-5-8/h7-9H,4-6,12H2,1-3H3. The fraction of sp³-hybridized carbons (Fsp3) is 0.818. The number of hydrogen-bond donors (Lipinski definition) is 1. The van der Waals surface area contributed by atoms with E-state index in [1.165, 1.54) is 0 Å². The van der Waals surface area contributed by atoms with Crippen LogP contribution >= 0.6 is 0 Å². The minimum atomic E-state index is -0.648. The first-order chi connectivity index (χ1) is 7.33. The zero-order chi connectivity index (χ0) is 12.3. The van der Waals surface area contributed by atoms with Crippen molar-refractivity contribution >= 4 is 12.4 Å². The monoisotopic (exact) mass is 228 g/mol. The van der Waals surface area contributed by atoms with Crippen LogP contribution in [0.25, 0.3) is 0 Å². The van der Waals surface area contributed by atoms with Crippen molar-refractivity contribution in [1.82, 2.24) is 5.01 Å². The van der Waals surface area contributed by atoms with Gasteiger partial charge in [-0.25, -0.2) is 15.6 Å². The van der Waals surface area contributed by atoms with E-state index in [-0.39, 0.29) is 0 Å². The van der Waals surface area contributed by atoms with Gasteiger partial charge in [-0.05, 0) is 33.1 Å². The van der Waals surface area contributed by atoms with Gasteiger partial charge in [0.2, 0.25) is 0 Å². The maximum absolute atomic E-state index is 11.6. The van der Waals surface area contributed by atoms with Crippen LogP contribution in [0.1, 0.15) is 40.0 Å². The minimum absolute atomic E-state index is 0.531. The highest BCUT2D eigenvalue weighted by atomic mass is 16.6. The summed E-state index contributed by atoms with van der Waals surface area (Å²) in [4.78, 5) is 22.4. The number of nitrogens with zero attached hydrogens (tertiary/aromatic N) is 1. The van der Waals surface area contributed by atoms with E-state index in [0.29, 0.717) is 18.6 Å². The van der Waals surface area contributed by atoms with Crippen LogP contribution in [-0.2, 0) is 9.53 Å². The third kappa shape index (κ3) is 4.18. The quantitative estimate of drug-likeness (QED) is 0.342. The highest BCUT2D eigenvalue weighted by molar-refractivity contribution is 5.73. The van der Waals surface area contributed by atoms with E-state index in [1.54, 1.807) is 20.8 Å². The van der Waals surface area contributed by atoms with Gasteiger partial charge in [0.15, 0.2) is 0 Å². The Labute approximate surface area is 95.9 Å². The van der Waals surface area contributed by atoms with E-state index in [1.807, 2.05) is 0 Å². The van der Waals surface area contributed by atoms with E-state index in [9.17, 15) is 9.59 Å². The zero-order valence-corrected chi connectivity index (χ0v) is 10.1. The molecule has 0 radical (unpaired) electrons. The van der Waals surface area contributed by atoms with Crippen LogP contribution in [0.15, 0.2) is 0 Å². The van der Waals surface area contributed by atoms with Gasteiger partial charge in [0.1, 0.15) is 17.9 Å². The molecule has 0 bridgehead atoms. The van der Waals surface area contributed by atoms with Gasteiger partial charge in [-0.15, -0.1) is 0 Å². The van der Waals surface area contributed by atoms with Gasteiger partial charge >= 0.3 is 6.09 Å². The van der Waals surface area contributed by atoms with Gasteiger partial charge in [0.25, 0.3) is 0 Å². The molecule has 1 unspecified atom stereocenters. The molecule has 0 saturated heterocycles. The van der Waals surface area contributed by atoms with Crippen molar-refractivity contribution in [2.45, 2.75) is 51.7 Å². The third-order valence-electron chi connectivity index (χ3n) is 2.39. The summed E-state index contributed by atoms with van der Waals surface area (Å²) in [7, 11) is 0. The SMILES string of the molecule is CC(C)(C)OC(=O)N(N)C(C=O)CC1CC1. The molecule has 0 aliphatic heterocycles. The summed E-state index contributed by atoms with van der Waals surface area (Å²) in [6.45, 7) is 5.28. The molecule has 1 fully saturated rings. The molecule has 0 aromatic rings. The first-order valence-electron chi connectivity index (χ1n) is 5.55. The Bertz CT molecular complexity index is 269. The molecule has 92 valence electrons. The molecule has 1 amide bonds. The Morgan fingerprint density at radius 2 is 2.12 bits per heavy atom. The van der Waals surface area contributed by atoms with Gasteiger partial charge < -0.3 is 9.53 Å². The van der Waals surface area contributed by atoms with Gasteiger partial charge in [-0.2, -0.15) is 0 Å². The predicted molar refractivity (Wildman–Crippen MR) is 59.5 cm³/mol. The number of hydrogen-bond acceptors (Lipinski definition) is 4. The predicted octanol–water partition coefficient (Wildman–Crippen LogP) is 1.46. The molecule has 5 nitrogen and oxygen atoms in total. The van der Waals surface area contributed by atoms with Crippen LogP contribution in [0.3, 0.4) is 0 Å². The van der Waals surface area contributed by atoms with Crippen LogP contribution in [0.5, 0.6) is 0 Å². The number of amides is 1.